The Morgan fingerprint density at radius 2 is 2.00 bits per heavy atom. The molecule has 0 atom stereocenters. The monoisotopic (exact) mass is 372 g/mol. The molecule has 1 rings (SSSR count). The Labute approximate surface area is 139 Å². The molecule has 0 radical (unpaired) electrons. The molecular weight excluding hydrogens is 351 g/mol. The van der Waals surface area contributed by atoms with Gasteiger partial charge in [0.1, 0.15) is 11.4 Å². The lowest BCUT2D eigenvalue weighted by molar-refractivity contribution is 0.0534. The summed E-state index contributed by atoms with van der Waals surface area (Å²) in [5.74, 6) is -0.238. The van der Waals surface area contributed by atoms with Gasteiger partial charge in [0.2, 0.25) is 0 Å². The number of rotatable bonds is 6. The van der Waals surface area contributed by atoms with Gasteiger partial charge in [0.25, 0.3) is 0 Å². The Morgan fingerprint density at radius 1 is 1.32 bits per heavy atom. The van der Waals surface area contributed by atoms with Crippen LogP contribution >= 0.6 is 15.9 Å². The second-order valence-electron chi connectivity index (χ2n) is 5.72. The van der Waals surface area contributed by atoms with Crippen molar-refractivity contribution >= 4 is 22.0 Å². The van der Waals surface area contributed by atoms with Crippen LogP contribution in [-0.2, 0) is 11.3 Å². The van der Waals surface area contributed by atoms with Crippen LogP contribution in [0.5, 0.6) is 0 Å². The normalized spacial score (nSPS) is 11.7. The number of benzene rings is 1. The van der Waals surface area contributed by atoms with Crippen molar-refractivity contribution in [3.05, 3.63) is 46.2 Å². The van der Waals surface area contributed by atoms with Gasteiger partial charge in [0.15, 0.2) is 0 Å². The van der Waals surface area contributed by atoms with Crippen LogP contribution in [0.3, 0.4) is 0 Å². The molecule has 0 bridgehead atoms. The van der Waals surface area contributed by atoms with Gasteiger partial charge >= 0.3 is 6.09 Å². The summed E-state index contributed by atoms with van der Waals surface area (Å²) in [7, 11) is 0. The maximum Gasteiger partial charge on any atom is 0.407 e. The molecule has 0 aromatic heterocycles. The number of ether oxygens (including phenoxy) is 1. The van der Waals surface area contributed by atoms with Crippen molar-refractivity contribution in [3.63, 3.8) is 0 Å². The first-order valence-electron chi connectivity index (χ1n) is 7.04. The number of hydrogen-bond donors (Lipinski definition) is 2. The molecule has 0 fully saturated rings. The van der Waals surface area contributed by atoms with Gasteiger partial charge in [-0.3, -0.25) is 0 Å². The Hall–Kier alpha value is -1.40. The summed E-state index contributed by atoms with van der Waals surface area (Å²) in [6, 6.07) is 4.98. The molecular formula is C16H22BrFN2O2. The molecule has 22 heavy (non-hydrogen) atoms. The summed E-state index contributed by atoms with van der Waals surface area (Å²) in [4.78, 5) is 11.4. The molecule has 122 valence electrons. The van der Waals surface area contributed by atoms with E-state index in [0.717, 1.165) is 4.47 Å². The van der Waals surface area contributed by atoms with E-state index in [1.807, 2.05) is 32.9 Å². The Morgan fingerprint density at radius 3 is 2.64 bits per heavy atom. The molecule has 0 spiro atoms. The molecule has 0 unspecified atom stereocenters. The minimum Gasteiger partial charge on any atom is -0.444 e. The van der Waals surface area contributed by atoms with E-state index in [1.54, 1.807) is 12.1 Å². The van der Waals surface area contributed by atoms with E-state index in [-0.39, 0.29) is 5.82 Å². The van der Waals surface area contributed by atoms with Crippen molar-refractivity contribution in [3.8, 4) is 0 Å². The number of halogens is 2. The Balaban J connectivity index is 2.18. The van der Waals surface area contributed by atoms with E-state index >= 15 is 0 Å². The van der Waals surface area contributed by atoms with Gasteiger partial charge in [-0.15, -0.1) is 0 Å². The number of carbonyl (C=O) groups is 1. The van der Waals surface area contributed by atoms with E-state index in [1.165, 1.54) is 6.07 Å². The smallest absolute Gasteiger partial charge is 0.407 e. The molecule has 6 heteroatoms. The van der Waals surface area contributed by atoms with E-state index < -0.39 is 11.7 Å². The first kappa shape index (κ1) is 18.6. The summed E-state index contributed by atoms with van der Waals surface area (Å²) in [5, 5.41) is 5.72. The zero-order valence-corrected chi connectivity index (χ0v) is 14.7. The van der Waals surface area contributed by atoms with Crippen molar-refractivity contribution in [1.82, 2.24) is 10.6 Å². The maximum atomic E-state index is 13.6. The topological polar surface area (TPSA) is 50.4 Å². The average Bonchev–Trinajstić information content (AvgIpc) is 2.37. The highest BCUT2D eigenvalue weighted by atomic mass is 79.9. The molecule has 0 aliphatic rings. The maximum absolute atomic E-state index is 13.6. The van der Waals surface area contributed by atoms with Crippen LogP contribution in [0.25, 0.3) is 0 Å². The van der Waals surface area contributed by atoms with Crippen molar-refractivity contribution in [2.75, 3.05) is 13.1 Å². The van der Waals surface area contributed by atoms with Crippen molar-refractivity contribution in [1.29, 1.82) is 0 Å². The van der Waals surface area contributed by atoms with Crippen LogP contribution in [-0.4, -0.2) is 24.8 Å². The number of carbonyl (C=O) groups excluding carboxylic acids is 1. The molecule has 1 aromatic carbocycles. The fourth-order valence-corrected chi connectivity index (χ4v) is 1.91. The largest absolute Gasteiger partial charge is 0.444 e. The zero-order valence-electron chi connectivity index (χ0n) is 13.1. The minimum absolute atomic E-state index is 0.238. The molecule has 0 aliphatic carbocycles. The van der Waals surface area contributed by atoms with Crippen LogP contribution in [0.4, 0.5) is 9.18 Å². The lowest BCUT2D eigenvalue weighted by Crippen LogP contribution is -2.32. The van der Waals surface area contributed by atoms with Crippen LogP contribution in [0.15, 0.2) is 34.8 Å². The van der Waals surface area contributed by atoms with Gasteiger partial charge in [0.05, 0.1) is 0 Å². The van der Waals surface area contributed by atoms with Crippen LogP contribution in [0.2, 0.25) is 0 Å². The third kappa shape index (κ3) is 8.14. The molecule has 1 aromatic rings. The highest BCUT2D eigenvalue weighted by Crippen LogP contribution is 2.14. The summed E-state index contributed by atoms with van der Waals surface area (Å²) < 4.78 is 19.4. The molecule has 2 N–H and O–H groups in total. The third-order valence-corrected chi connectivity index (χ3v) is 3.02. The fourth-order valence-electron chi connectivity index (χ4n) is 1.58. The summed E-state index contributed by atoms with van der Waals surface area (Å²) >= 11 is 3.22. The van der Waals surface area contributed by atoms with Gasteiger partial charge in [-0.1, -0.05) is 34.1 Å². The summed E-state index contributed by atoms with van der Waals surface area (Å²) in [6.07, 6.45) is 3.24. The summed E-state index contributed by atoms with van der Waals surface area (Å²) in [6.45, 7) is 6.87. The fraction of sp³-hybridized carbons (Fsp3) is 0.438. The molecule has 1 amide bonds. The van der Waals surface area contributed by atoms with Crippen molar-refractivity contribution < 1.29 is 13.9 Å². The van der Waals surface area contributed by atoms with Gasteiger partial charge in [0, 0.05) is 29.7 Å². The van der Waals surface area contributed by atoms with Crippen molar-refractivity contribution in [2.24, 2.45) is 0 Å². The minimum atomic E-state index is -0.496. The third-order valence-electron chi connectivity index (χ3n) is 2.52. The lowest BCUT2D eigenvalue weighted by atomic mass is 10.2. The number of nitrogens with one attached hydrogen (secondary N) is 2. The van der Waals surface area contributed by atoms with Gasteiger partial charge < -0.3 is 15.4 Å². The molecule has 0 heterocycles. The highest BCUT2D eigenvalue weighted by Gasteiger charge is 2.14. The van der Waals surface area contributed by atoms with E-state index in [4.69, 9.17) is 4.74 Å². The first-order valence-corrected chi connectivity index (χ1v) is 7.84. The van der Waals surface area contributed by atoms with E-state index in [9.17, 15) is 9.18 Å². The molecule has 0 saturated carbocycles. The molecule has 4 nitrogen and oxygen atoms in total. The van der Waals surface area contributed by atoms with Crippen LogP contribution < -0.4 is 10.6 Å². The second-order valence-corrected chi connectivity index (χ2v) is 6.64. The highest BCUT2D eigenvalue weighted by molar-refractivity contribution is 9.10. The van der Waals surface area contributed by atoms with E-state index in [0.29, 0.717) is 25.2 Å². The number of alkyl carbamates (subject to hydrolysis) is 1. The van der Waals surface area contributed by atoms with Crippen LogP contribution in [0.1, 0.15) is 26.3 Å². The van der Waals surface area contributed by atoms with Crippen molar-refractivity contribution in [2.45, 2.75) is 32.9 Å². The van der Waals surface area contributed by atoms with Gasteiger partial charge in [-0.05, 0) is 32.9 Å². The van der Waals surface area contributed by atoms with Crippen LogP contribution in [0, 0.1) is 5.82 Å². The standard InChI is InChI=1S/C16H22BrFN2O2/c1-16(2,3)22-15(21)20-9-5-4-8-19-11-12-6-7-13(17)10-14(12)18/h4-7,10,19H,8-9,11H2,1-3H3,(H,20,21)/b5-4+. The molecule has 0 aliphatic heterocycles. The van der Waals surface area contributed by atoms with Gasteiger partial charge in [-0.25, -0.2) is 9.18 Å². The predicted octanol–water partition coefficient (Wildman–Crippen LogP) is 3.76. The second kappa shape index (κ2) is 8.90. The zero-order chi connectivity index (χ0) is 16.6. The number of amides is 1. The molecule has 0 saturated heterocycles. The first-order chi connectivity index (χ1) is 10.3. The van der Waals surface area contributed by atoms with Gasteiger partial charge in [-0.2, -0.15) is 0 Å². The summed E-state index contributed by atoms with van der Waals surface area (Å²) in [5.41, 5.74) is 0.118. The lowest BCUT2D eigenvalue weighted by Gasteiger charge is -2.19. The Bertz CT molecular complexity index is 527. The Kier molecular flexibility index (Phi) is 7.55. The quantitative estimate of drug-likeness (QED) is 0.590. The average molecular weight is 373 g/mol. The number of hydrogen-bond acceptors (Lipinski definition) is 3. The predicted molar refractivity (Wildman–Crippen MR) is 89.2 cm³/mol. The SMILES string of the molecule is CC(C)(C)OC(=O)NC/C=C/CNCc1ccc(Br)cc1F. The van der Waals surface area contributed by atoms with E-state index in [2.05, 4.69) is 26.6 Å².